The first-order chi connectivity index (χ1) is 7.17. The average molecular weight is 227 g/mol. The Labute approximate surface area is 94.9 Å². The van der Waals surface area contributed by atoms with E-state index in [1.165, 1.54) is 0 Å². The molecule has 0 aliphatic rings. The van der Waals surface area contributed by atoms with E-state index in [9.17, 15) is 4.79 Å². The van der Waals surface area contributed by atoms with Gasteiger partial charge in [-0.2, -0.15) is 0 Å². The second kappa shape index (κ2) is 5.71. The minimum atomic E-state index is 0.0438. The lowest BCUT2D eigenvalue weighted by atomic mass is 10.0. The van der Waals surface area contributed by atoms with Gasteiger partial charge in [0.1, 0.15) is 5.15 Å². The van der Waals surface area contributed by atoms with Crippen molar-refractivity contribution in [3.8, 4) is 0 Å². The van der Waals surface area contributed by atoms with Crippen LogP contribution in [0.25, 0.3) is 0 Å². The van der Waals surface area contributed by atoms with Crippen LogP contribution in [0.2, 0.25) is 5.15 Å². The number of halogens is 1. The summed E-state index contributed by atoms with van der Waals surface area (Å²) in [5, 5.41) is 3.21. The number of anilines is 1. The second-order valence-corrected chi connectivity index (χ2v) is 3.76. The van der Waals surface area contributed by atoms with Crippen LogP contribution in [0.3, 0.4) is 0 Å². The zero-order valence-electron chi connectivity index (χ0n) is 8.96. The predicted molar refractivity (Wildman–Crippen MR) is 61.9 cm³/mol. The van der Waals surface area contributed by atoms with Crippen LogP contribution < -0.4 is 5.32 Å². The molecule has 0 unspecified atom stereocenters. The lowest BCUT2D eigenvalue weighted by Gasteiger charge is -2.12. The maximum Gasteiger partial charge on any atom is 0.227 e. The van der Waals surface area contributed by atoms with Gasteiger partial charge in [0.05, 0.1) is 0 Å². The molecule has 0 spiro atoms. The lowest BCUT2D eigenvalue weighted by Crippen LogP contribution is -2.21. The average Bonchev–Trinajstić information content (AvgIpc) is 2.19. The van der Waals surface area contributed by atoms with Crippen LogP contribution in [0.1, 0.15) is 26.7 Å². The molecule has 0 aromatic carbocycles. The molecule has 3 nitrogen and oxygen atoms in total. The first-order valence-electron chi connectivity index (χ1n) is 5.09. The second-order valence-electron chi connectivity index (χ2n) is 3.37. The number of hydrogen-bond acceptors (Lipinski definition) is 2. The van der Waals surface area contributed by atoms with Crippen molar-refractivity contribution in [1.82, 2.24) is 4.98 Å². The predicted octanol–water partition coefficient (Wildman–Crippen LogP) is 3.11. The van der Waals surface area contributed by atoms with Crippen molar-refractivity contribution in [2.45, 2.75) is 26.7 Å². The van der Waals surface area contributed by atoms with E-state index in [0.717, 1.165) is 12.8 Å². The normalized spacial score (nSPS) is 10.4. The quantitative estimate of drug-likeness (QED) is 0.802. The summed E-state index contributed by atoms with van der Waals surface area (Å²) in [5.41, 5.74) is 0.701. The summed E-state index contributed by atoms with van der Waals surface area (Å²) in [6.45, 7) is 4.01. The number of pyridine rings is 1. The topological polar surface area (TPSA) is 42.0 Å². The first kappa shape index (κ1) is 12.0. The molecular formula is C11H15ClN2O. The van der Waals surface area contributed by atoms with E-state index in [0.29, 0.717) is 10.8 Å². The number of rotatable bonds is 4. The van der Waals surface area contributed by atoms with Gasteiger partial charge in [0, 0.05) is 17.8 Å². The molecule has 0 radical (unpaired) electrons. The number of carbonyl (C=O) groups excluding carboxylic acids is 1. The van der Waals surface area contributed by atoms with E-state index >= 15 is 0 Å². The molecule has 1 aromatic rings. The lowest BCUT2D eigenvalue weighted by molar-refractivity contribution is -0.120. The highest BCUT2D eigenvalue weighted by molar-refractivity contribution is 6.29. The summed E-state index contributed by atoms with van der Waals surface area (Å²) in [6.07, 6.45) is 3.27. The van der Waals surface area contributed by atoms with E-state index in [-0.39, 0.29) is 11.8 Å². The molecule has 0 saturated heterocycles. The Kier molecular flexibility index (Phi) is 4.56. The summed E-state index contributed by atoms with van der Waals surface area (Å²) in [6, 6.07) is 3.37. The third kappa shape index (κ3) is 3.51. The van der Waals surface area contributed by atoms with Gasteiger partial charge >= 0.3 is 0 Å². The summed E-state index contributed by atoms with van der Waals surface area (Å²) in [7, 11) is 0. The zero-order chi connectivity index (χ0) is 11.3. The van der Waals surface area contributed by atoms with E-state index in [4.69, 9.17) is 11.6 Å². The van der Waals surface area contributed by atoms with Crippen molar-refractivity contribution in [3.05, 3.63) is 23.5 Å². The standard InChI is InChI=1S/C11H15ClN2O/c1-3-8(4-2)11(15)14-9-5-6-13-10(12)7-9/h5-8H,3-4H2,1-2H3,(H,13,14,15). The SMILES string of the molecule is CCC(CC)C(=O)Nc1ccnc(Cl)c1. The molecule has 4 heteroatoms. The van der Waals surface area contributed by atoms with Crippen LogP contribution in [-0.2, 0) is 4.79 Å². The van der Waals surface area contributed by atoms with E-state index in [1.54, 1.807) is 18.3 Å². The van der Waals surface area contributed by atoms with Crippen molar-refractivity contribution < 1.29 is 4.79 Å². The van der Waals surface area contributed by atoms with Crippen molar-refractivity contribution in [2.24, 2.45) is 5.92 Å². The molecule has 1 aromatic heterocycles. The molecule has 1 heterocycles. The highest BCUT2D eigenvalue weighted by atomic mass is 35.5. The molecule has 0 atom stereocenters. The van der Waals surface area contributed by atoms with E-state index in [1.807, 2.05) is 13.8 Å². The van der Waals surface area contributed by atoms with Gasteiger partial charge in [-0.1, -0.05) is 25.4 Å². The van der Waals surface area contributed by atoms with Gasteiger partial charge in [0.15, 0.2) is 0 Å². The Hall–Kier alpha value is -1.09. The fraction of sp³-hybridized carbons (Fsp3) is 0.455. The summed E-state index contributed by atoms with van der Waals surface area (Å²) < 4.78 is 0. The number of aromatic nitrogens is 1. The Balaban J connectivity index is 2.65. The fourth-order valence-corrected chi connectivity index (χ4v) is 1.56. The maximum absolute atomic E-state index is 11.7. The number of nitrogens with zero attached hydrogens (tertiary/aromatic N) is 1. The Morgan fingerprint density at radius 2 is 2.20 bits per heavy atom. The smallest absolute Gasteiger partial charge is 0.227 e. The third-order valence-electron chi connectivity index (χ3n) is 2.35. The molecule has 1 amide bonds. The number of amides is 1. The van der Waals surface area contributed by atoms with Crippen LogP contribution in [0, 0.1) is 5.92 Å². The van der Waals surface area contributed by atoms with Crippen LogP contribution in [0.5, 0.6) is 0 Å². The summed E-state index contributed by atoms with van der Waals surface area (Å²) >= 11 is 5.71. The maximum atomic E-state index is 11.7. The van der Waals surface area contributed by atoms with Crippen molar-refractivity contribution >= 4 is 23.2 Å². The summed E-state index contributed by atoms with van der Waals surface area (Å²) in [4.78, 5) is 15.6. The largest absolute Gasteiger partial charge is 0.326 e. The molecule has 0 aliphatic heterocycles. The van der Waals surface area contributed by atoms with Gasteiger partial charge in [0.25, 0.3) is 0 Å². The monoisotopic (exact) mass is 226 g/mol. The molecule has 0 aliphatic carbocycles. The van der Waals surface area contributed by atoms with Gasteiger partial charge in [-0.25, -0.2) is 4.98 Å². The molecule has 1 rings (SSSR count). The number of nitrogens with one attached hydrogen (secondary N) is 1. The zero-order valence-corrected chi connectivity index (χ0v) is 9.71. The molecular weight excluding hydrogens is 212 g/mol. The minimum absolute atomic E-state index is 0.0438. The van der Waals surface area contributed by atoms with Crippen LogP contribution in [-0.4, -0.2) is 10.9 Å². The van der Waals surface area contributed by atoms with Crippen LogP contribution in [0.4, 0.5) is 5.69 Å². The Bertz CT molecular complexity index is 337. The highest BCUT2D eigenvalue weighted by Crippen LogP contribution is 2.15. The number of hydrogen-bond donors (Lipinski definition) is 1. The Morgan fingerprint density at radius 3 is 2.73 bits per heavy atom. The summed E-state index contributed by atoms with van der Waals surface area (Å²) in [5.74, 6) is 0.110. The highest BCUT2D eigenvalue weighted by Gasteiger charge is 2.13. The van der Waals surface area contributed by atoms with Crippen LogP contribution >= 0.6 is 11.6 Å². The third-order valence-corrected chi connectivity index (χ3v) is 2.56. The fourth-order valence-electron chi connectivity index (χ4n) is 1.38. The molecule has 1 N–H and O–H groups in total. The molecule has 0 fully saturated rings. The molecule has 0 bridgehead atoms. The van der Waals surface area contributed by atoms with Gasteiger partial charge in [-0.3, -0.25) is 4.79 Å². The molecule has 82 valence electrons. The Morgan fingerprint density at radius 1 is 1.53 bits per heavy atom. The van der Waals surface area contributed by atoms with Gasteiger partial charge in [-0.05, 0) is 25.0 Å². The van der Waals surface area contributed by atoms with Gasteiger partial charge < -0.3 is 5.32 Å². The molecule has 0 saturated carbocycles. The minimum Gasteiger partial charge on any atom is -0.326 e. The number of carbonyl (C=O) groups is 1. The first-order valence-corrected chi connectivity index (χ1v) is 5.47. The van der Waals surface area contributed by atoms with E-state index in [2.05, 4.69) is 10.3 Å². The van der Waals surface area contributed by atoms with Crippen LogP contribution in [0.15, 0.2) is 18.3 Å². The van der Waals surface area contributed by atoms with Crippen molar-refractivity contribution in [1.29, 1.82) is 0 Å². The molecule has 15 heavy (non-hydrogen) atoms. The van der Waals surface area contributed by atoms with Gasteiger partial charge in [-0.15, -0.1) is 0 Å². The van der Waals surface area contributed by atoms with E-state index < -0.39 is 0 Å². The van der Waals surface area contributed by atoms with Gasteiger partial charge in [0.2, 0.25) is 5.91 Å². The van der Waals surface area contributed by atoms with Crippen molar-refractivity contribution in [3.63, 3.8) is 0 Å². The van der Waals surface area contributed by atoms with Crippen molar-refractivity contribution in [2.75, 3.05) is 5.32 Å².